The number of benzene rings is 3. The van der Waals surface area contributed by atoms with Crippen molar-refractivity contribution in [3.8, 4) is 17.6 Å². The van der Waals surface area contributed by atoms with Gasteiger partial charge in [0, 0.05) is 39.8 Å². The van der Waals surface area contributed by atoms with Crippen LogP contribution in [0.5, 0.6) is 5.75 Å². The summed E-state index contributed by atoms with van der Waals surface area (Å²) in [5, 5.41) is 2.95. The first-order chi connectivity index (χ1) is 17.0. The molecule has 0 aliphatic carbocycles. The van der Waals surface area contributed by atoms with Gasteiger partial charge in [-0.05, 0) is 42.5 Å². The van der Waals surface area contributed by atoms with E-state index in [0.717, 1.165) is 16.3 Å². The van der Waals surface area contributed by atoms with Gasteiger partial charge in [-0.2, -0.15) is 0 Å². The van der Waals surface area contributed by atoms with Gasteiger partial charge in [0.15, 0.2) is 0 Å². The summed E-state index contributed by atoms with van der Waals surface area (Å²) in [6.45, 7) is 0. The van der Waals surface area contributed by atoms with Crippen molar-refractivity contribution in [1.29, 1.82) is 0 Å². The Bertz CT molecular complexity index is 1750. The van der Waals surface area contributed by atoms with Gasteiger partial charge in [-0.15, -0.1) is 0 Å². The minimum atomic E-state index is -4.01. The molecule has 0 unspecified atom stereocenters. The van der Waals surface area contributed by atoms with Gasteiger partial charge in [0.25, 0.3) is 10.0 Å². The van der Waals surface area contributed by atoms with Gasteiger partial charge in [0.05, 0.1) is 29.4 Å². The molecule has 1 N–H and O–H groups in total. The Kier molecular flexibility index (Phi) is 6.00. The van der Waals surface area contributed by atoms with Gasteiger partial charge >= 0.3 is 0 Å². The Hall–Kier alpha value is -4.12. The zero-order valence-corrected chi connectivity index (χ0v) is 20.1. The van der Waals surface area contributed by atoms with Crippen LogP contribution < -0.4 is 9.46 Å². The number of fused-ring (bicyclic) bond motifs is 2. The van der Waals surface area contributed by atoms with Crippen LogP contribution in [0.2, 0.25) is 5.02 Å². The Morgan fingerprint density at radius 2 is 1.71 bits per heavy atom. The number of sulfonamides is 1. The maximum Gasteiger partial charge on any atom is 0.264 e. The molecule has 35 heavy (non-hydrogen) atoms. The molecule has 2 heterocycles. The van der Waals surface area contributed by atoms with Crippen molar-refractivity contribution in [2.75, 3.05) is 11.8 Å². The molecule has 0 radical (unpaired) electrons. The lowest BCUT2D eigenvalue weighted by atomic mass is 10.1. The molecule has 5 aromatic rings. The molecule has 3 aromatic carbocycles. The van der Waals surface area contributed by atoms with Crippen LogP contribution in [-0.2, 0) is 10.0 Å². The second-order valence-electron chi connectivity index (χ2n) is 7.62. The van der Waals surface area contributed by atoms with Crippen molar-refractivity contribution in [3.05, 3.63) is 101 Å². The van der Waals surface area contributed by atoms with E-state index in [4.69, 9.17) is 16.3 Å². The van der Waals surface area contributed by atoms with E-state index in [1.807, 2.05) is 24.3 Å². The van der Waals surface area contributed by atoms with Gasteiger partial charge in [-0.25, -0.2) is 8.42 Å². The molecule has 8 heteroatoms. The summed E-state index contributed by atoms with van der Waals surface area (Å²) in [5.74, 6) is 6.70. The number of methoxy groups -OCH3 is 1. The number of anilines is 1. The lowest BCUT2D eigenvalue weighted by Crippen LogP contribution is -2.15. The van der Waals surface area contributed by atoms with E-state index in [9.17, 15) is 8.42 Å². The van der Waals surface area contributed by atoms with Crippen LogP contribution in [0.4, 0.5) is 5.69 Å². The zero-order chi connectivity index (χ0) is 24.4. The molecule has 172 valence electrons. The molecule has 0 bridgehead atoms. The second-order valence-corrected chi connectivity index (χ2v) is 9.71. The Morgan fingerprint density at radius 1 is 0.914 bits per heavy atom. The normalized spacial score (nSPS) is 11.1. The van der Waals surface area contributed by atoms with E-state index >= 15 is 0 Å². The Morgan fingerprint density at radius 3 is 2.57 bits per heavy atom. The third-order valence-electron chi connectivity index (χ3n) is 5.43. The summed E-state index contributed by atoms with van der Waals surface area (Å²) in [4.78, 5) is 8.56. The summed E-state index contributed by atoms with van der Waals surface area (Å²) in [6, 6.07) is 19.2. The molecule has 0 fully saturated rings. The first-order valence-electron chi connectivity index (χ1n) is 10.5. The fraction of sp³-hybridized carbons (Fsp3) is 0.0370. The maximum absolute atomic E-state index is 13.4. The number of rotatable bonds is 4. The fourth-order valence-electron chi connectivity index (χ4n) is 3.77. The van der Waals surface area contributed by atoms with Crippen LogP contribution in [0, 0.1) is 11.8 Å². The van der Waals surface area contributed by atoms with Crippen molar-refractivity contribution in [2.45, 2.75) is 4.90 Å². The molecule has 0 saturated carbocycles. The number of nitrogens with one attached hydrogen (secondary N) is 1. The minimum Gasteiger partial charge on any atom is -0.496 e. The maximum atomic E-state index is 13.4. The highest BCUT2D eigenvalue weighted by atomic mass is 35.5. The van der Waals surface area contributed by atoms with Gasteiger partial charge in [0.2, 0.25) is 0 Å². The monoisotopic (exact) mass is 499 g/mol. The van der Waals surface area contributed by atoms with Crippen LogP contribution >= 0.6 is 11.6 Å². The van der Waals surface area contributed by atoms with Crippen LogP contribution in [0.25, 0.3) is 21.7 Å². The smallest absolute Gasteiger partial charge is 0.264 e. The van der Waals surface area contributed by atoms with Crippen LogP contribution in [0.15, 0.2) is 90.2 Å². The number of ether oxygens (including phenoxy) is 1. The average molecular weight is 500 g/mol. The van der Waals surface area contributed by atoms with E-state index in [1.165, 1.54) is 19.4 Å². The van der Waals surface area contributed by atoms with Crippen molar-refractivity contribution in [1.82, 2.24) is 9.97 Å². The molecule has 0 amide bonds. The first kappa shape index (κ1) is 22.7. The van der Waals surface area contributed by atoms with Crippen molar-refractivity contribution >= 4 is 49.0 Å². The average Bonchev–Trinajstić information content (AvgIpc) is 2.88. The molecule has 0 aliphatic rings. The summed E-state index contributed by atoms with van der Waals surface area (Å²) < 4.78 is 34.8. The number of pyridine rings is 2. The van der Waals surface area contributed by atoms with Gasteiger partial charge in [-0.3, -0.25) is 14.7 Å². The number of hydrogen-bond donors (Lipinski definition) is 1. The van der Waals surface area contributed by atoms with E-state index in [2.05, 4.69) is 26.5 Å². The molecule has 0 atom stereocenters. The van der Waals surface area contributed by atoms with E-state index < -0.39 is 10.0 Å². The minimum absolute atomic E-state index is 0.0287. The number of halogens is 1. The molecule has 5 rings (SSSR count). The zero-order valence-electron chi connectivity index (χ0n) is 18.5. The SMILES string of the molecule is COc1ccc(S(=O)(=O)Nc2ccc(Cl)cc2C#Cc2cncc3ccccc23)c2ncccc12. The van der Waals surface area contributed by atoms with Gasteiger partial charge in [-0.1, -0.05) is 47.7 Å². The quantitative estimate of drug-likeness (QED) is 0.323. The summed E-state index contributed by atoms with van der Waals surface area (Å²) >= 11 is 6.21. The second kappa shape index (κ2) is 9.26. The third kappa shape index (κ3) is 4.50. The Labute approximate surface area is 207 Å². The molecule has 2 aromatic heterocycles. The van der Waals surface area contributed by atoms with E-state index in [0.29, 0.717) is 32.9 Å². The molecule has 0 spiro atoms. The number of hydrogen-bond acceptors (Lipinski definition) is 5. The highest BCUT2D eigenvalue weighted by Gasteiger charge is 2.21. The highest BCUT2D eigenvalue weighted by molar-refractivity contribution is 7.93. The summed E-state index contributed by atoms with van der Waals surface area (Å²) in [5.41, 5.74) is 1.76. The van der Waals surface area contributed by atoms with Crippen LogP contribution in [0.3, 0.4) is 0 Å². The van der Waals surface area contributed by atoms with E-state index in [-0.39, 0.29) is 4.90 Å². The predicted octanol–water partition coefficient (Wildman–Crippen LogP) is 5.65. The Balaban J connectivity index is 1.57. The van der Waals surface area contributed by atoms with Crippen LogP contribution in [0.1, 0.15) is 11.1 Å². The third-order valence-corrected chi connectivity index (χ3v) is 7.06. The predicted molar refractivity (Wildman–Crippen MR) is 138 cm³/mol. The summed E-state index contributed by atoms with van der Waals surface area (Å²) in [7, 11) is -2.48. The largest absolute Gasteiger partial charge is 0.496 e. The fourth-order valence-corrected chi connectivity index (χ4v) is 5.19. The van der Waals surface area contributed by atoms with Crippen LogP contribution in [-0.4, -0.2) is 25.5 Å². The van der Waals surface area contributed by atoms with Crippen molar-refractivity contribution in [2.24, 2.45) is 0 Å². The molecule has 0 aliphatic heterocycles. The number of aromatic nitrogens is 2. The standard InChI is InChI=1S/C27H18ClN3O3S/c1-34-25-12-13-26(27-23(25)7-4-14-30-27)35(32,33)31-24-11-10-21(28)15-18(24)8-9-20-17-29-16-19-5-2-3-6-22(19)20/h2-7,10-17,31H,1H3. The lowest BCUT2D eigenvalue weighted by Gasteiger charge is -2.13. The molecular formula is C27H18ClN3O3S. The van der Waals surface area contributed by atoms with E-state index in [1.54, 1.807) is 48.8 Å². The number of nitrogens with zero attached hydrogens (tertiary/aromatic N) is 2. The molecule has 6 nitrogen and oxygen atoms in total. The van der Waals surface area contributed by atoms with Gasteiger partial charge in [0.1, 0.15) is 10.6 Å². The van der Waals surface area contributed by atoms with Gasteiger partial charge < -0.3 is 4.74 Å². The topological polar surface area (TPSA) is 81.2 Å². The van der Waals surface area contributed by atoms with Crippen molar-refractivity contribution in [3.63, 3.8) is 0 Å². The molecular weight excluding hydrogens is 482 g/mol. The highest BCUT2D eigenvalue weighted by Crippen LogP contribution is 2.31. The molecule has 0 saturated heterocycles. The first-order valence-corrected chi connectivity index (χ1v) is 12.4. The lowest BCUT2D eigenvalue weighted by molar-refractivity contribution is 0.419. The summed E-state index contributed by atoms with van der Waals surface area (Å²) in [6.07, 6.45) is 4.99. The van der Waals surface area contributed by atoms with Crippen molar-refractivity contribution < 1.29 is 13.2 Å².